The van der Waals surface area contributed by atoms with Crippen molar-refractivity contribution in [3.63, 3.8) is 0 Å². The van der Waals surface area contributed by atoms with Crippen LogP contribution in [0, 0.1) is 23.7 Å². The molecule has 2 aliphatic rings. The van der Waals surface area contributed by atoms with Gasteiger partial charge < -0.3 is 9.47 Å². The summed E-state index contributed by atoms with van der Waals surface area (Å²) in [5.74, 6) is 3.12. The molecule has 2 saturated carbocycles. The van der Waals surface area contributed by atoms with Gasteiger partial charge in [0.05, 0.1) is 10.9 Å². The van der Waals surface area contributed by atoms with E-state index in [-0.39, 0.29) is 11.9 Å². The van der Waals surface area contributed by atoms with Crippen molar-refractivity contribution >= 4 is 17.6 Å². The van der Waals surface area contributed by atoms with E-state index < -0.39 is 0 Å². The Labute approximate surface area is 207 Å². The quantitative estimate of drug-likeness (QED) is 0.172. The fraction of sp³-hybridized carbons (Fsp3) is 0.759. The molecule has 0 aromatic heterocycles. The van der Waals surface area contributed by atoms with Crippen molar-refractivity contribution in [2.45, 2.75) is 103 Å². The molecule has 0 unspecified atom stereocenters. The van der Waals surface area contributed by atoms with E-state index in [9.17, 15) is 4.79 Å². The Kier molecular flexibility index (Phi) is 11.6. The average Bonchev–Trinajstić information content (AvgIpc) is 2.84. The van der Waals surface area contributed by atoms with Gasteiger partial charge in [0.15, 0.2) is 0 Å². The summed E-state index contributed by atoms with van der Waals surface area (Å²) in [6, 6.07) is 5.89. The number of ether oxygens (including phenoxy) is 2. The van der Waals surface area contributed by atoms with E-state index in [1.165, 1.54) is 69.8 Å². The van der Waals surface area contributed by atoms with Crippen LogP contribution in [0.5, 0.6) is 5.75 Å². The Morgan fingerprint density at radius 1 is 0.939 bits per heavy atom. The van der Waals surface area contributed by atoms with Gasteiger partial charge in [0.2, 0.25) is 0 Å². The first-order valence-corrected chi connectivity index (χ1v) is 14.0. The summed E-state index contributed by atoms with van der Waals surface area (Å²) in [6.45, 7) is 3.15. The Morgan fingerprint density at radius 2 is 1.61 bits per heavy atom. The van der Waals surface area contributed by atoms with Crippen LogP contribution < -0.4 is 4.74 Å². The molecule has 2 fully saturated rings. The lowest BCUT2D eigenvalue weighted by molar-refractivity contribution is -0.140. The fourth-order valence-electron chi connectivity index (χ4n) is 6.09. The van der Waals surface area contributed by atoms with Gasteiger partial charge in [-0.2, -0.15) is 0 Å². The second kappa shape index (κ2) is 14.4. The summed E-state index contributed by atoms with van der Waals surface area (Å²) >= 11 is 6.46. The molecule has 0 atom stereocenters. The maximum absolute atomic E-state index is 12.8. The normalized spacial score (nSPS) is 25.7. The van der Waals surface area contributed by atoms with Crippen LogP contribution in [0.25, 0.3) is 0 Å². The lowest BCUT2D eigenvalue weighted by Crippen LogP contribution is -2.30. The maximum atomic E-state index is 12.8. The third kappa shape index (κ3) is 8.58. The number of unbranched alkanes of at least 4 members (excludes halogenated alkanes) is 3. The van der Waals surface area contributed by atoms with E-state index in [2.05, 4.69) is 13.0 Å². The van der Waals surface area contributed by atoms with E-state index in [0.29, 0.717) is 10.8 Å². The SMILES string of the molecule is CCCC1CCC(C2CCC(C(=O)Oc3ccc(CCCCCCOC)cc3Cl)CC2)CC1. The number of hydrogen-bond acceptors (Lipinski definition) is 3. The number of carbonyl (C=O) groups excluding carboxylic acids is 1. The molecule has 2 aliphatic carbocycles. The third-order valence-electron chi connectivity index (χ3n) is 8.13. The first kappa shape index (κ1) is 26.5. The van der Waals surface area contributed by atoms with Crippen LogP contribution in [0.2, 0.25) is 5.02 Å². The van der Waals surface area contributed by atoms with Crippen molar-refractivity contribution < 1.29 is 14.3 Å². The highest BCUT2D eigenvalue weighted by molar-refractivity contribution is 6.32. The second-order valence-corrected chi connectivity index (χ2v) is 10.9. The van der Waals surface area contributed by atoms with Gasteiger partial charge in [-0.25, -0.2) is 0 Å². The monoisotopic (exact) mass is 476 g/mol. The summed E-state index contributed by atoms with van der Waals surface area (Å²) in [4.78, 5) is 12.8. The molecule has 4 heteroatoms. The number of aryl methyl sites for hydroxylation is 1. The minimum atomic E-state index is -0.0899. The minimum Gasteiger partial charge on any atom is -0.425 e. The van der Waals surface area contributed by atoms with Crippen molar-refractivity contribution in [1.82, 2.24) is 0 Å². The number of methoxy groups -OCH3 is 1. The lowest BCUT2D eigenvalue weighted by Gasteiger charge is -2.37. The van der Waals surface area contributed by atoms with Gasteiger partial charge in [0, 0.05) is 13.7 Å². The smallest absolute Gasteiger partial charge is 0.314 e. The number of benzene rings is 1. The van der Waals surface area contributed by atoms with Gasteiger partial charge in [-0.1, -0.05) is 63.1 Å². The van der Waals surface area contributed by atoms with E-state index in [1.54, 1.807) is 7.11 Å². The number of carbonyl (C=O) groups is 1. The van der Waals surface area contributed by atoms with Crippen LogP contribution in [-0.2, 0) is 16.0 Å². The van der Waals surface area contributed by atoms with Gasteiger partial charge in [-0.15, -0.1) is 0 Å². The van der Waals surface area contributed by atoms with E-state index in [4.69, 9.17) is 21.1 Å². The molecule has 1 aromatic rings. The fourth-order valence-corrected chi connectivity index (χ4v) is 6.33. The molecule has 186 valence electrons. The third-order valence-corrected chi connectivity index (χ3v) is 8.43. The summed E-state index contributed by atoms with van der Waals surface area (Å²) in [6.07, 6.45) is 18.3. The molecule has 33 heavy (non-hydrogen) atoms. The molecular formula is C29H45ClO3. The Hall–Kier alpha value is -1.06. The van der Waals surface area contributed by atoms with Crippen molar-refractivity contribution in [1.29, 1.82) is 0 Å². The molecule has 3 rings (SSSR count). The first-order valence-electron chi connectivity index (χ1n) is 13.6. The molecule has 3 nitrogen and oxygen atoms in total. The van der Waals surface area contributed by atoms with Crippen molar-refractivity contribution in [2.24, 2.45) is 23.7 Å². The zero-order chi connectivity index (χ0) is 23.5. The van der Waals surface area contributed by atoms with Gasteiger partial charge in [-0.3, -0.25) is 4.79 Å². The summed E-state index contributed by atoms with van der Waals surface area (Å²) in [5.41, 5.74) is 1.21. The molecule has 0 radical (unpaired) electrons. The molecule has 0 aliphatic heterocycles. The summed E-state index contributed by atoms with van der Waals surface area (Å²) in [7, 11) is 1.75. The average molecular weight is 477 g/mol. The summed E-state index contributed by atoms with van der Waals surface area (Å²) < 4.78 is 10.8. The first-order chi connectivity index (χ1) is 16.1. The van der Waals surface area contributed by atoms with Gasteiger partial charge in [0.25, 0.3) is 0 Å². The van der Waals surface area contributed by atoms with E-state index in [0.717, 1.165) is 56.5 Å². The lowest BCUT2D eigenvalue weighted by atomic mass is 9.69. The predicted octanol–water partition coefficient (Wildman–Crippen LogP) is 8.41. The zero-order valence-electron chi connectivity index (χ0n) is 21.0. The number of rotatable bonds is 12. The number of halogens is 1. The standard InChI is InChI=1S/C29H45ClO3/c1-3-8-22-10-13-24(14-11-22)25-15-17-26(18-16-25)29(31)33-28-19-12-23(21-27(28)30)9-6-4-5-7-20-32-2/h12,19,21-22,24-26H,3-11,13-18,20H2,1-2H3. The van der Waals surface area contributed by atoms with Crippen LogP contribution in [-0.4, -0.2) is 19.7 Å². The van der Waals surface area contributed by atoms with Crippen LogP contribution in [0.4, 0.5) is 0 Å². The van der Waals surface area contributed by atoms with Crippen molar-refractivity contribution in [2.75, 3.05) is 13.7 Å². The largest absolute Gasteiger partial charge is 0.425 e. The highest BCUT2D eigenvalue weighted by atomic mass is 35.5. The van der Waals surface area contributed by atoms with Crippen molar-refractivity contribution in [3.8, 4) is 5.75 Å². The van der Waals surface area contributed by atoms with Crippen LogP contribution in [0.1, 0.15) is 102 Å². The number of hydrogen-bond donors (Lipinski definition) is 0. The zero-order valence-corrected chi connectivity index (χ0v) is 21.7. The van der Waals surface area contributed by atoms with E-state index >= 15 is 0 Å². The molecule has 0 heterocycles. The molecule has 1 aromatic carbocycles. The van der Waals surface area contributed by atoms with Gasteiger partial charge >= 0.3 is 5.97 Å². The van der Waals surface area contributed by atoms with Gasteiger partial charge in [0.1, 0.15) is 5.75 Å². The van der Waals surface area contributed by atoms with Gasteiger partial charge in [-0.05, 0) is 93.2 Å². The highest BCUT2D eigenvalue weighted by Gasteiger charge is 2.33. The van der Waals surface area contributed by atoms with Crippen LogP contribution >= 0.6 is 11.6 Å². The molecular weight excluding hydrogens is 432 g/mol. The predicted molar refractivity (Wildman–Crippen MR) is 137 cm³/mol. The maximum Gasteiger partial charge on any atom is 0.314 e. The molecule has 0 bridgehead atoms. The Balaban J connectivity index is 1.38. The molecule has 0 amide bonds. The minimum absolute atomic E-state index is 0.0283. The summed E-state index contributed by atoms with van der Waals surface area (Å²) in [5, 5.41) is 0.553. The topological polar surface area (TPSA) is 35.5 Å². The van der Waals surface area contributed by atoms with E-state index in [1.807, 2.05) is 12.1 Å². The van der Waals surface area contributed by atoms with Crippen LogP contribution in [0.15, 0.2) is 18.2 Å². The Bertz CT molecular complexity index is 703. The second-order valence-electron chi connectivity index (χ2n) is 10.5. The Morgan fingerprint density at radius 3 is 2.24 bits per heavy atom. The molecule has 0 spiro atoms. The molecule has 0 N–H and O–H groups in total. The molecule has 0 saturated heterocycles. The number of esters is 1. The highest BCUT2D eigenvalue weighted by Crippen LogP contribution is 2.42. The van der Waals surface area contributed by atoms with Crippen LogP contribution in [0.3, 0.4) is 0 Å². The van der Waals surface area contributed by atoms with Crippen molar-refractivity contribution in [3.05, 3.63) is 28.8 Å².